The Bertz CT molecular complexity index is 578. The van der Waals surface area contributed by atoms with Gasteiger partial charge in [-0.15, -0.1) is 0 Å². The predicted octanol–water partition coefficient (Wildman–Crippen LogP) is 3.65. The second kappa shape index (κ2) is 6.37. The second-order valence-corrected chi connectivity index (χ2v) is 5.10. The molecule has 0 radical (unpaired) electrons. The fourth-order valence-corrected chi connectivity index (χ4v) is 2.49. The third-order valence-electron chi connectivity index (χ3n) is 2.60. The molecule has 0 atom stereocenters. The van der Waals surface area contributed by atoms with Gasteiger partial charge < -0.3 is 10.3 Å². The van der Waals surface area contributed by atoms with E-state index in [1.54, 1.807) is 30.5 Å². The van der Waals surface area contributed by atoms with Gasteiger partial charge in [-0.2, -0.15) is 12.6 Å². The number of carbonyl (C=O) groups excluding carboxylic acids is 1. The topological polar surface area (TPSA) is 44.9 Å². The molecule has 0 aliphatic rings. The van der Waals surface area contributed by atoms with E-state index in [0.29, 0.717) is 39.2 Å². The van der Waals surface area contributed by atoms with E-state index in [2.05, 4.69) is 22.9 Å². The van der Waals surface area contributed by atoms with E-state index in [9.17, 15) is 4.79 Å². The van der Waals surface area contributed by atoms with Crippen LogP contribution in [0.4, 0.5) is 0 Å². The van der Waals surface area contributed by atoms with Crippen molar-refractivity contribution >= 4 is 41.7 Å². The number of nitrogens with one attached hydrogen (secondary N) is 2. The third kappa shape index (κ3) is 3.08. The van der Waals surface area contributed by atoms with E-state index in [4.69, 9.17) is 23.2 Å². The van der Waals surface area contributed by atoms with E-state index in [0.717, 1.165) is 0 Å². The molecule has 0 spiro atoms. The number of amides is 1. The summed E-state index contributed by atoms with van der Waals surface area (Å²) in [5.41, 5.74) is 1.78. The molecule has 100 valence electrons. The van der Waals surface area contributed by atoms with Crippen molar-refractivity contribution in [2.75, 3.05) is 12.3 Å². The van der Waals surface area contributed by atoms with Crippen LogP contribution in [0.3, 0.4) is 0 Å². The van der Waals surface area contributed by atoms with Gasteiger partial charge in [0, 0.05) is 39.7 Å². The van der Waals surface area contributed by atoms with Crippen molar-refractivity contribution in [3.05, 3.63) is 46.2 Å². The van der Waals surface area contributed by atoms with Crippen molar-refractivity contribution in [3.8, 4) is 11.1 Å². The minimum Gasteiger partial charge on any atom is -0.357 e. The summed E-state index contributed by atoms with van der Waals surface area (Å²) in [5.74, 6) is 0.374. The highest BCUT2D eigenvalue weighted by Crippen LogP contribution is 2.36. The summed E-state index contributed by atoms with van der Waals surface area (Å²) in [6.07, 6.45) is 1.69. The molecule has 2 aromatic rings. The van der Waals surface area contributed by atoms with Crippen LogP contribution in [0.5, 0.6) is 0 Å². The molecule has 0 bridgehead atoms. The molecule has 1 amide bonds. The molecule has 0 aliphatic carbocycles. The maximum atomic E-state index is 12.0. The van der Waals surface area contributed by atoms with Gasteiger partial charge in [0.2, 0.25) is 0 Å². The molecular weight excluding hydrogens is 303 g/mol. The zero-order chi connectivity index (χ0) is 13.8. The highest BCUT2D eigenvalue weighted by molar-refractivity contribution is 7.80. The highest BCUT2D eigenvalue weighted by atomic mass is 35.5. The van der Waals surface area contributed by atoms with Crippen LogP contribution >= 0.6 is 35.8 Å². The summed E-state index contributed by atoms with van der Waals surface area (Å²) >= 11 is 16.4. The van der Waals surface area contributed by atoms with Crippen molar-refractivity contribution < 1.29 is 4.79 Å². The van der Waals surface area contributed by atoms with Crippen LogP contribution in [-0.4, -0.2) is 23.2 Å². The van der Waals surface area contributed by atoms with Crippen LogP contribution in [0.2, 0.25) is 10.0 Å². The lowest BCUT2D eigenvalue weighted by Crippen LogP contribution is -2.26. The third-order valence-corrected chi connectivity index (χ3v) is 3.46. The van der Waals surface area contributed by atoms with E-state index < -0.39 is 0 Å². The zero-order valence-corrected chi connectivity index (χ0v) is 12.3. The molecule has 0 saturated carbocycles. The van der Waals surface area contributed by atoms with Crippen molar-refractivity contribution in [1.82, 2.24) is 10.3 Å². The van der Waals surface area contributed by atoms with E-state index in [1.165, 1.54) is 0 Å². The first-order valence-corrected chi connectivity index (χ1v) is 7.04. The predicted molar refractivity (Wildman–Crippen MR) is 82.4 cm³/mol. The average Bonchev–Trinajstić information content (AvgIpc) is 2.85. The smallest absolute Gasteiger partial charge is 0.268 e. The van der Waals surface area contributed by atoms with Crippen molar-refractivity contribution in [2.24, 2.45) is 0 Å². The largest absolute Gasteiger partial charge is 0.357 e. The van der Waals surface area contributed by atoms with Crippen LogP contribution in [0, 0.1) is 0 Å². The minimum absolute atomic E-state index is 0.204. The van der Waals surface area contributed by atoms with Gasteiger partial charge in [0.1, 0.15) is 5.69 Å². The Morgan fingerprint density at radius 3 is 2.58 bits per heavy atom. The van der Waals surface area contributed by atoms with Gasteiger partial charge in [-0.1, -0.05) is 29.3 Å². The zero-order valence-electron chi connectivity index (χ0n) is 9.91. The van der Waals surface area contributed by atoms with Gasteiger partial charge in [0.25, 0.3) is 5.91 Å². The number of halogens is 2. The number of thiol groups is 1. The van der Waals surface area contributed by atoms with Crippen LogP contribution < -0.4 is 5.32 Å². The number of H-pyrrole nitrogens is 1. The minimum atomic E-state index is -0.204. The lowest BCUT2D eigenvalue weighted by atomic mass is 10.1. The Labute approximate surface area is 126 Å². The van der Waals surface area contributed by atoms with Crippen molar-refractivity contribution in [3.63, 3.8) is 0 Å². The molecule has 0 aliphatic heterocycles. The number of hydrogen-bond acceptors (Lipinski definition) is 2. The molecule has 0 unspecified atom stereocenters. The number of aromatic nitrogens is 1. The molecule has 0 saturated heterocycles. The molecule has 6 heteroatoms. The van der Waals surface area contributed by atoms with Crippen LogP contribution in [0.25, 0.3) is 11.1 Å². The lowest BCUT2D eigenvalue weighted by molar-refractivity contribution is 0.0952. The van der Waals surface area contributed by atoms with Crippen molar-refractivity contribution in [2.45, 2.75) is 0 Å². The average molecular weight is 315 g/mol. The Kier molecular flexibility index (Phi) is 4.80. The molecule has 1 aromatic heterocycles. The van der Waals surface area contributed by atoms with Gasteiger partial charge in [0.15, 0.2) is 0 Å². The van der Waals surface area contributed by atoms with Gasteiger partial charge >= 0.3 is 0 Å². The molecule has 3 nitrogen and oxygen atoms in total. The number of hydrogen-bond donors (Lipinski definition) is 3. The molecule has 19 heavy (non-hydrogen) atoms. The maximum Gasteiger partial charge on any atom is 0.268 e. The summed E-state index contributed by atoms with van der Waals surface area (Å²) in [5, 5.41) is 3.77. The van der Waals surface area contributed by atoms with Gasteiger partial charge in [0.05, 0.1) is 0 Å². The van der Waals surface area contributed by atoms with E-state index in [-0.39, 0.29) is 5.91 Å². The SMILES string of the molecule is O=C(NCCS)c1[nH]ccc1-c1c(Cl)cccc1Cl. The fourth-order valence-electron chi connectivity index (χ4n) is 1.78. The summed E-state index contributed by atoms with van der Waals surface area (Å²) in [6, 6.07) is 7.03. The van der Waals surface area contributed by atoms with Gasteiger partial charge in [-0.3, -0.25) is 4.79 Å². The number of rotatable bonds is 4. The first kappa shape index (κ1) is 14.3. The normalized spacial score (nSPS) is 10.5. The standard InChI is InChI=1S/C13H12Cl2N2OS/c14-9-2-1-3-10(15)11(9)8-4-5-16-12(8)13(18)17-6-7-19/h1-5,16,19H,6-7H2,(H,17,18). The summed E-state index contributed by atoms with van der Waals surface area (Å²) in [4.78, 5) is 14.9. The van der Waals surface area contributed by atoms with Crippen LogP contribution in [0.15, 0.2) is 30.5 Å². The monoisotopic (exact) mass is 314 g/mol. The molecule has 1 heterocycles. The second-order valence-electron chi connectivity index (χ2n) is 3.84. The Hall–Kier alpha value is -1.10. The number of benzene rings is 1. The summed E-state index contributed by atoms with van der Waals surface area (Å²) < 4.78 is 0. The Morgan fingerprint density at radius 1 is 1.26 bits per heavy atom. The number of carbonyl (C=O) groups is 1. The van der Waals surface area contributed by atoms with E-state index >= 15 is 0 Å². The summed E-state index contributed by atoms with van der Waals surface area (Å²) in [6.45, 7) is 0.497. The summed E-state index contributed by atoms with van der Waals surface area (Å²) in [7, 11) is 0. The number of aromatic amines is 1. The van der Waals surface area contributed by atoms with Crippen LogP contribution in [-0.2, 0) is 0 Å². The molecule has 0 fully saturated rings. The van der Waals surface area contributed by atoms with Gasteiger partial charge in [-0.25, -0.2) is 0 Å². The van der Waals surface area contributed by atoms with Crippen LogP contribution in [0.1, 0.15) is 10.5 Å². The Balaban J connectivity index is 2.42. The highest BCUT2D eigenvalue weighted by Gasteiger charge is 2.17. The molecule has 2 rings (SSSR count). The molecule has 1 aromatic carbocycles. The molecular formula is C13H12Cl2N2OS. The van der Waals surface area contributed by atoms with E-state index in [1.807, 2.05) is 0 Å². The first-order valence-electron chi connectivity index (χ1n) is 5.66. The maximum absolute atomic E-state index is 12.0. The molecule has 2 N–H and O–H groups in total. The quantitative estimate of drug-likeness (QED) is 0.741. The fraction of sp³-hybridized carbons (Fsp3) is 0.154. The van der Waals surface area contributed by atoms with Crippen molar-refractivity contribution in [1.29, 1.82) is 0 Å². The Morgan fingerprint density at radius 2 is 1.95 bits per heavy atom. The first-order chi connectivity index (χ1) is 9.15. The van der Waals surface area contributed by atoms with Gasteiger partial charge in [-0.05, 0) is 18.2 Å². The lowest BCUT2D eigenvalue weighted by Gasteiger charge is -2.08.